The van der Waals surface area contributed by atoms with Crippen LogP contribution >= 0.6 is 0 Å². The Kier molecular flexibility index (Phi) is 3.02. The van der Waals surface area contributed by atoms with Crippen LogP contribution in [-0.2, 0) is 11.3 Å². The van der Waals surface area contributed by atoms with Gasteiger partial charge in [-0.1, -0.05) is 0 Å². The summed E-state index contributed by atoms with van der Waals surface area (Å²) in [5, 5.41) is 2.68. The molecular formula is C12H10F3NO2. The zero-order chi connectivity index (χ0) is 13.4. The number of nitrogens with one attached hydrogen (secondary N) is 1. The number of hydrogen-bond acceptors (Lipinski definition) is 3. The Morgan fingerprint density at radius 2 is 2.06 bits per heavy atom. The van der Waals surface area contributed by atoms with Crippen LogP contribution in [0.1, 0.15) is 27.0 Å². The van der Waals surface area contributed by atoms with Gasteiger partial charge in [0.15, 0.2) is 5.83 Å². The minimum absolute atomic E-state index is 0.0241. The summed E-state index contributed by atoms with van der Waals surface area (Å²) in [5.41, 5.74) is 1.07. The molecule has 0 atom stereocenters. The van der Waals surface area contributed by atoms with Gasteiger partial charge in [-0.05, 0) is 18.6 Å². The number of benzene rings is 1. The molecule has 1 aromatic carbocycles. The van der Waals surface area contributed by atoms with Gasteiger partial charge in [-0.15, -0.1) is 0 Å². The Bertz CT molecular complexity index is 563. The Labute approximate surface area is 101 Å². The Morgan fingerprint density at radius 3 is 2.61 bits per heavy atom. The first-order valence-corrected chi connectivity index (χ1v) is 5.19. The van der Waals surface area contributed by atoms with E-state index in [1.54, 1.807) is 0 Å². The fraction of sp³-hybridized carbons (Fsp3) is 0.250. The van der Waals surface area contributed by atoms with Gasteiger partial charge in [0, 0.05) is 23.9 Å². The fourth-order valence-corrected chi connectivity index (χ4v) is 1.99. The van der Waals surface area contributed by atoms with Gasteiger partial charge in [0.05, 0.1) is 5.56 Å². The van der Waals surface area contributed by atoms with Crippen LogP contribution in [0.3, 0.4) is 0 Å². The van der Waals surface area contributed by atoms with Gasteiger partial charge < -0.3 is 10.1 Å². The largest absolute Gasteiger partial charge is 0.457 e. The molecule has 0 unspecified atom stereocenters. The molecule has 0 spiro atoms. The van der Waals surface area contributed by atoms with Gasteiger partial charge in [0.25, 0.3) is 0 Å². The van der Waals surface area contributed by atoms with Crippen LogP contribution in [0.25, 0.3) is 5.83 Å². The Morgan fingerprint density at radius 1 is 1.39 bits per heavy atom. The van der Waals surface area contributed by atoms with Gasteiger partial charge in [0.1, 0.15) is 6.61 Å². The molecule has 0 amide bonds. The maximum absolute atomic E-state index is 13.4. The van der Waals surface area contributed by atoms with Crippen molar-refractivity contribution < 1.29 is 22.7 Å². The summed E-state index contributed by atoms with van der Waals surface area (Å²) in [6, 6.07) is 1.19. The molecule has 0 aromatic heterocycles. The van der Waals surface area contributed by atoms with E-state index in [1.807, 2.05) is 0 Å². The fourth-order valence-electron chi connectivity index (χ4n) is 1.99. The summed E-state index contributed by atoms with van der Waals surface area (Å²) in [4.78, 5) is 11.5. The van der Waals surface area contributed by atoms with E-state index in [-0.39, 0.29) is 23.4 Å². The third kappa shape index (κ3) is 1.73. The molecule has 1 aliphatic heterocycles. The van der Waals surface area contributed by atoms with E-state index in [0.717, 1.165) is 0 Å². The number of hydrogen-bond donors (Lipinski definition) is 1. The highest BCUT2D eigenvalue weighted by atomic mass is 19.3. The summed E-state index contributed by atoms with van der Waals surface area (Å²) >= 11 is 0. The smallest absolute Gasteiger partial charge is 0.341 e. The van der Waals surface area contributed by atoms with E-state index in [2.05, 4.69) is 5.32 Å². The number of esters is 1. The molecule has 1 aliphatic rings. The van der Waals surface area contributed by atoms with E-state index in [4.69, 9.17) is 4.74 Å². The van der Waals surface area contributed by atoms with Crippen LogP contribution in [0.4, 0.5) is 18.9 Å². The lowest BCUT2D eigenvalue weighted by atomic mass is 9.96. The number of cyclic esters (lactones) is 1. The summed E-state index contributed by atoms with van der Waals surface area (Å²) in [7, 11) is 1.52. The van der Waals surface area contributed by atoms with Crippen molar-refractivity contribution in [3.8, 4) is 0 Å². The average Bonchev–Trinajstić information content (AvgIpc) is 2.72. The van der Waals surface area contributed by atoms with Crippen molar-refractivity contribution in [1.82, 2.24) is 0 Å². The van der Waals surface area contributed by atoms with Crippen molar-refractivity contribution in [2.45, 2.75) is 13.5 Å². The third-order valence-corrected chi connectivity index (χ3v) is 2.94. The van der Waals surface area contributed by atoms with Crippen LogP contribution in [0.5, 0.6) is 0 Å². The minimum atomic E-state index is -2.38. The first-order chi connectivity index (χ1) is 8.47. The van der Waals surface area contributed by atoms with Crippen molar-refractivity contribution in [2.75, 3.05) is 12.4 Å². The number of fused-ring (bicyclic) bond motifs is 1. The number of carbonyl (C=O) groups is 1. The van der Waals surface area contributed by atoms with E-state index >= 15 is 0 Å². The monoisotopic (exact) mass is 257 g/mol. The molecule has 1 heterocycles. The first kappa shape index (κ1) is 12.5. The predicted octanol–water partition coefficient (Wildman–Crippen LogP) is 3.24. The third-order valence-electron chi connectivity index (χ3n) is 2.94. The summed E-state index contributed by atoms with van der Waals surface area (Å²) in [6.45, 7) is 1.46. The lowest BCUT2D eigenvalue weighted by molar-refractivity contribution is 0.0535. The second-order valence-electron chi connectivity index (χ2n) is 3.85. The second kappa shape index (κ2) is 4.36. The maximum Gasteiger partial charge on any atom is 0.341 e. The van der Waals surface area contributed by atoms with Gasteiger partial charge in [-0.25, -0.2) is 9.18 Å². The molecule has 96 valence electrons. The SMILES string of the molecule is CNc1cc(C(F)=C(F)F)c(C)c2c1C(=O)OC2. The van der Waals surface area contributed by atoms with E-state index in [9.17, 15) is 18.0 Å². The van der Waals surface area contributed by atoms with Crippen LogP contribution in [0, 0.1) is 6.92 Å². The number of ether oxygens (including phenoxy) is 1. The lowest BCUT2D eigenvalue weighted by Gasteiger charge is -2.11. The highest BCUT2D eigenvalue weighted by Gasteiger charge is 2.29. The van der Waals surface area contributed by atoms with Crippen LogP contribution in [0.15, 0.2) is 12.1 Å². The zero-order valence-corrected chi connectivity index (χ0v) is 9.73. The quantitative estimate of drug-likeness (QED) is 0.826. The zero-order valence-electron chi connectivity index (χ0n) is 9.73. The van der Waals surface area contributed by atoms with E-state index < -0.39 is 17.9 Å². The molecule has 1 N–H and O–H groups in total. The number of carbonyl (C=O) groups excluding carboxylic acids is 1. The van der Waals surface area contributed by atoms with Gasteiger partial charge >= 0.3 is 12.0 Å². The average molecular weight is 257 g/mol. The normalized spacial score (nSPS) is 13.1. The standard InChI is InChI=1S/C12H10F3NO2/c1-5-6(10(13)11(14)15)3-8(16-2)9-7(5)4-18-12(9)17/h3,16H,4H2,1-2H3. The molecule has 0 radical (unpaired) electrons. The molecular weight excluding hydrogens is 247 g/mol. The molecule has 6 heteroatoms. The van der Waals surface area contributed by atoms with E-state index in [1.165, 1.54) is 20.0 Å². The van der Waals surface area contributed by atoms with Crippen LogP contribution < -0.4 is 5.32 Å². The molecule has 3 nitrogen and oxygen atoms in total. The highest BCUT2D eigenvalue weighted by Crippen LogP contribution is 2.36. The first-order valence-electron chi connectivity index (χ1n) is 5.19. The van der Waals surface area contributed by atoms with Crippen LogP contribution in [-0.4, -0.2) is 13.0 Å². The van der Waals surface area contributed by atoms with Gasteiger partial charge in [0.2, 0.25) is 0 Å². The molecule has 1 aromatic rings. The Balaban J connectivity index is 2.74. The van der Waals surface area contributed by atoms with E-state index in [0.29, 0.717) is 11.1 Å². The van der Waals surface area contributed by atoms with Gasteiger partial charge in [-0.3, -0.25) is 0 Å². The number of rotatable bonds is 2. The van der Waals surface area contributed by atoms with Crippen molar-refractivity contribution in [3.05, 3.63) is 34.4 Å². The number of anilines is 1. The maximum atomic E-state index is 13.4. The highest BCUT2D eigenvalue weighted by molar-refractivity contribution is 6.00. The predicted molar refractivity (Wildman–Crippen MR) is 60.1 cm³/mol. The molecule has 0 aliphatic carbocycles. The van der Waals surface area contributed by atoms with Gasteiger partial charge in [-0.2, -0.15) is 8.78 Å². The van der Waals surface area contributed by atoms with Crippen molar-refractivity contribution in [1.29, 1.82) is 0 Å². The molecule has 0 saturated carbocycles. The van der Waals surface area contributed by atoms with Crippen molar-refractivity contribution in [3.63, 3.8) is 0 Å². The Hall–Kier alpha value is -1.98. The van der Waals surface area contributed by atoms with Crippen molar-refractivity contribution in [2.24, 2.45) is 0 Å². The molecule has 0 fully saturated rings. The van der Waals surface area contributed by atoms with Crippen LogP contribution in [0.2, 0.25) is 0 Å². The summed E-state index contributed by atoms with van der Waals surface area (Å²) < 4.78 is 42.9. The molecule has 0 bridgehead atoms. The number of halogens is 3. The lowest BCUT2D eigenvalue weighted by Crippen LogP contribution is -2.04. The molecule has 0 saturated heterocycles. The summed E-state index contributed by atoms with van der Waals surface area (Å²) in [6.07, 6.45) is -2.38. The topological polar surface area (TPSA) is 38.3 Å². The second-order valence-corrected chi connectivity index (χ2v) is 3.85. The minimum Gasteiger partial charge on any atom is -0.457 e. The molecule has 18 heavy (non-hydrogen) atoms. The summed E-state index contributed by atoms with van der Waals surface area (Å²) in [5.74, 6) is -2.11. The molecule has 2 rings (SSSR count). The van der Waals surface area contributed by atoms with Crippen molar-refractivity contribution >= 4 is 17.5 Å².